The Hall–Kier alpha value is -2.94. The maximum Gasteiger partial charge on any atom is 0.339 e. The molecule has 8 nitrogen and oxygen atoms in total. The number of furan rings is 1. The molecule has 9 heteroatoms. The number of hydrogen-bond acceptors (Lipinski definition) is 6. The van der Waals surface area contributed by atoms with Gasteiger partial charge >= 0.3 is 5.97 Å². The minimum absolute atomic E-state index is 0.0310. The van der Waals surface area contributed by atoms with Gasteiger partial charge < -0.3 is 14.8 Å². The topological polar surface area (TPSA) is 114 Å². The number of amides is 1. The molecule has 0 spiro atoms. The predicted molar refractivity (Wildman–Crippen MR) is 90.4 cm³/mol. The van der Waals surface area contributed by atoms with Crippen molar-refractivity contribution >= 4 is 28.2 Å². The zero-order valence-corrected chi connectivity index (χ0v) is 14.6. The molecule has 0 aromatic carbocycles. The van der Waals surface area contributed by atoms with E-state index >= 15 is 0 Å². The van der Waals surface area contributed by atoms with E-state index in [-0.39, 0.29) is 23.4 Å². The zero-order chi connectivity index (χ0) is 18.3. The molecule has 0 unspecified atom stereocenters. The van der Waals surface area contributed by atoms with Crippen LogP contribution in [0, 0.1) is 20.8 Å². The number of aromatic carboxylic acids is 1. The molecule has 2 N–H and O–H groups in total. The van der Waals surface area contributed by atoms with Crippen LogP contribution in [0.1, 0.15) is 42.8 Å². The van der Waals surface area contributed by atoms with E-state index in [0.29, 0.717) is 10.7 Å². The maximum absolute atomic E-state index is 12.5. The van der Waals surface area contributed by atoms with Crippen LogP contribution in [-0.2, 0) is 6.54 Å². The van der Waals surface area contributed by atoms with Crippen molar-refractivity contribution in [2.45, 2.75) is 27.3 Å². The lowest BCUT2D eigenvalue weighted by Gasteiger charge is -2.03. The van der Waals surface area contributed by atoms with Crippen molar-refractivity contribution in [3.63, 3.8) is 0 Å². The number of nitrogens with one attached hydrogen (secondary N) is 1. The molecule has 0 fully saturated rings. The van der Waals surface area contributed by atoms with Gasteiger partial charge in [-0.1, -0.05) is 0 Å². The SMILES string of the molecule is Cc1oc(CNC(=O)c2cnc3sc(C)c(C)n3c2=O)cc1C(=O)O. The van der Waals surface area contributed by atoms with Crippen LogP contribution in [0.3, 0.4) is 0 Å². The molecular weight excluding hydrogens is 346 g/mol. The fraction of sp³-hybridized carbons (Fsp3) is 0.250. The Kier molecular flexibility index (Phi) is 4.17. The lowest BCUT2D eigenvalue weighted by atomic mass is 10.2. The van der Waals surface area contributed by atoms with Crippen LogP contribution < -0.4 is 10.9 Å². The van der Waals surface area contributed by atoms with Gasteiger partial charge in [-0.15, -0.1) is 11.3 Å². The molecule has 1 amide bonds. The van der Waals surface area contributed by atoms with Gasteiger partial charge in [0.25, 0.3) is 11.5 Å². The van der Waals surface area contributed by atoms with E-state index in [9.17, 15) is 14.4 Å². The Balaban J connectivity index is 1.84. The molecule has 130 valence electrons. The van der Waals surface area contributed by atoms with E-state index in [4.69, 9.17) is 9.52 Å². The number of aromatic nitrogens is 2. The summed E-state index contributed by atoms with van der Waals surface area (Å²) in [5, 5.41) is 11.6. The van der Waals surface area contributed by atoms with Crippen molar-refractivity contribution in [1.29, 1.82) is 0 Å². The van der Waals surface area contributed by atoms with Crippen LogP contribution in [0.4, 0.5) is 0 Å². The predicted octanol–water partition coefficient (Wildman–Crippen LogP) is 1.90. The highest BCUT2D eigenvalue weighted by atomic mass is 32.1. The third kappa shape index (κ3) is 2.93. The third-order valence-corrected chi connectivity index (χ3v) is 4.96. The number of aryl methyl sites for hydroxylation is 3. The fourth-order valence-corrected chi connectivity index (χ4v) is 3.37. The number of hydrogen-bond donors (Lipinski definition) is 2. The van der Waals surface area contributed by atoms with E-state index in [1.54, 1.807) is 6.92 Å². The molecular formula is C16H15N3O5S. The smallest absolute Gasteiger partial charge is 0.339 e. The van der Waals surface area contributed by atoms with Gasteiger partial charge in [0.1, 0.15) is 22.6 Å². The van der Waals surface area contributed by atoms with Gasteiger partial charge in [0, 0.05) is 16.8 Å². The standard InChI is InChI=1S/C16H15N3O5S/c1-7-9(3)25-16-18-6-12(14(21)19(7)16)13(20)17-5-10-4-11(15(22)23)8(2)24-10/h4,6H,5H2,1-3H3,(H,17,20)(H,22,23). The van der Waals surface area contributed by atoms with E-state index in [1.165, 1.54) is 34.9 Å². The zero-order valence-electron chi connectivity index (χ0n) is 13.7. The molecule has 25 heavy (non-hydrogen) atoms. The van der Waals surface area contributed by atoms with E-state index < -0.39 is 17.4 Å². The Morgan fingerprint density at radius 2 is 2.04 bits per heavy atom. The molecule has 3 aromatic rings. The Bertz CT molecular complexity index is 1060. The largest absolute Gasteiger partial charge is 0.478 e. The van der Waals surface area contributed by atoms with Gasteiger partial charge in [-0.05, 0) is 26.8 Å². The minimum atomic E-state index is -1.10. The summed E-state index contributed by atoms with van der Waals surface area (Å²) in [4.78, 5) is 41.5. The quantitative estimate of drug-likeness (QED) is 0.734. The summed E-state index contributed by atoms with van der Waals surface area (Å²) in [6.45, 7) is 5.17. The first-order valence-electron chi connectivity index (χ1n) is 7.38. The first-order chi connectivity index (χ1) is 11.8. The first kappa shape index (κ1) is 16.9. The van der Waals surface area contributed by atoms with Crippen molar-refractivity contribution in [1.82, 2.24) is 14.7 Å². The molecule has 3 rings (SSSR count). The Morgan fingerprint density at radius 3 is 2.68 bits per heavy atom. The minimum Gasteiger partial charge on any atom is -0.478 e. The monoisotopic (exact) mass is 361 g/mol. The van der Waals surface area contributed by atoms with Crippen molar-refractivity contribution in [3.8, 4) is 0 Å². The number of thiazole rings is 1. The van der Waals surface area contributed by atoms with Crippen LogP contribution in [0.2, 0.25) is 0 Å². The van der Waals surface area contributed by atoms with Crippen LogP contribution in [0.25, 0.3) is 4.96 Å². The number of carboxylic acids is 1. The van der Waals surface area contributed by atoms with Crippen molar-refractivity contribution in [2.24, 2.45) is 0 Å². The Morgan fingerprint density at radius 1 is 1.32 bits per heavy atom. The molecule has 0 saturated carbocycles. The lowest BCUT2D eigenvalue weighted by molar-refractivity contribution is 0.0694. The summed E-state index contributed by atoms with van der Waals surface area (Å²) in [5.74, 6) is -1.15. The number of rotatable bonds is 4. The lowest BCUT2D eigenvalue weighted by Crippen LogP contribution is -2.31. The highest BCUT2D eigenvalue weighted by Gasteiger charge is 2.18. The Labute approximate surface area is 145 Å². The summed E-state index contributed by atoms with van der Waals surface area (Å²) in [7, 11) is 0. The van der Waals surface area contributed by atoms with Gasteiger partial charge in [0.2, 0.25) is 0 Å². The number of nitrogens with zero attached hydrogens (tertiary/aromatic N) is 2. The van der Waals surface area contributed by atoms with Gasteiger partial charge in [0.15, 0.2) is 4.96 Å². The molecule has 0 saturated heterocycles. The highest BCUT2D eigenvalue weighted by molar-refractivity contribution is 7.17. The van der Waals surface area contributed by atoms with Crippen molar-refractivity contribution in [3.05, 3.63) is 55.8 Å². The molecule has 3 aromatic heterocycles. The second-order valence-electron chi connectivity index (χ2n) is 5.51. The normalized spacial score (nSPS) is 11.0. The van der Waals surface area contributed by atoms with Gasteiger partial charge in [-0.3, -0.25) is 14.0 Å². The van der Waals surface area contributed by atoms with Crippen LogP contribution >= 0.6 is 11.3 Å². The summed E-state index contributed by atoms with van der Waals surface area (Å²) in [5.41, 5.74) is 0.267. The molecule has 0 aliphatic carbocycles. The molecule has 0 aliphatic heterocycles. The van der Waals surface area contributed by atoms with Crippen LogP contribution in [-0.4, -0.2) is 26.4 Å². The molecule has 0 radical (unpaired) electrons. The average Bonchev–Trinajstić information content (AvgIpc) is 3.06. The fourth-order valence-electron chi connectivity index (χ4n) is 2.44. The number of carbonyl (C=O) groups is 2. The van der Waals surface area contributed by atoms with Crippen LogP contribution in [0.5, 0.6) is 0 Å². The second-order valence-corrected chi connectivity index (χ2v) is 6.69. The van der Waals surface area contributed by atoms with Crippen molar-refractivity contribution < 1.29 is 19.1 Å². The van der Waals surface area contributed by atoms with E-state index in [2.05, 4.69) is 10.3 Å². The van der Waals surface area contributed by atoms with Crippen LogP contribution in [0.15, 0.2) is 21.5 Å². The van der Waals surface area contributed by atoms with E-state index in [0.717, 1.165) is 10.6 Å². The van der Waals surface area contributed by atoms with Gasteiger partial charge in [0.05, 0.1) is 6.54 Å². The maximum atomic E-state index is 12.5. The van der Waals surface area contributed by atoms with Gasteiger partial charge in [-0.2, -0.15) is 0 Å². The molecule has 0 atom stereocenters. The average molecular weight is 361 g/mol. The second kappa shape index (κ2) is 6.17. The first-order valence-corrected chi connectivity index (χ1v) is 8.19. The highest BCUT2D eigenvalue weighted by Crippen LogP contribution is 2.18. The summed E-state index contributed by atoms with van der Waals surface area (Å²) in [6.07, 6.45) is 1.25. The summed E-state index contributed by atoms with van der Waals surface area (Å²) >= 11 is 1.38. The van der Waals surface area contributed by atoms with Gasteiger partial charge in [-0.25, -0.2) is 9.78 Å². The molecule has 0 bridgehead atoms. The molecule has 0 aliphatic rings. The summed E-state index contributed by atoms with van der Waals surface area (Å²) in [6, 6.07) is 1.35. The molecule has 3 heterocycles. The number of carbonyl (C=O) groups excluding carboxylic acids is 1. The third-order valence-electron chi connectivity index (χ3n) is 3.89. The number of carboxylic acid groups (broad SMARTS) is 1. The number of fused-ring (bicyclic) bond motifs is 1. The van der Waals surface area contributed by atoms with Crippen molar-refractivity contribution in [2.75, 3.05) is 0 Å². The van der Waals surface area contributed by atoms with E-state index in [1.807, 2.05) is 6.92 Å². The summed E-state index contributed by atoms with van der Waals surface area (Å²) < 4.78 is 6.70.